The highest BCUT2D eigenvalue weighted by molar-refractivity contribution is 5.55. The van der Waals surface area contributed by atoms with Crippen molar-refractivity contribution in [1.82, 2.24) is 9.97 Å². The van der Waals surface area contributed by atoms with Gasteiger partial charge in [0.1, 0.15) is 0 Å². The average Bonchev–Trinajstić information content (AvgIpc) is 2.67. The smallest absolute Gasteiger partial charge is 0.159 e. The predicted molar refractivity (Wildman–Crippen MR) is 104 cm³/mol. The fourth-order valence-electron chi connectivity index (χ4n) is 3.01. The highest BCUT2D eigenvalue weighted by atomic mass is 16.3. The standard InChI is InChI=1S/C22H32N2O/c1-3-5-6-7-8-9-10-11-18-16-23-22(24-17-18)20-14-12-19(13-15-20)21(25)4-2/h12-17,21,25H,3-11H2,1-2H3. The first kappa shape index (κ1) is 19.6. The molecule has 3 nitrogen and oxygen atoms in total. The maximum atomic E-state index is 9.86. The Hall–Kier alpha value is -1.74. The number of hydrogen-bond donors (Lipinski definition) is 1. The number of hydrogen-bond acceptors (Lipinski definition) is 3. The second-order valence-electron chi connectivity index (χ2n) is 6.83. The Morgan fingerprint density at radius 2 is 1.44 bits per heavy atom. The summed E-state index contributed by atoms with van der Waals surface area (Å²) in [5.41, 5.74) is 3.16. The van der Waals surface area contributed by atoms with Gasteiger partial charge in [0.2, 0.25) is 0 Å². The van der Waals surface area contributed by atoms with Crippen molar-refractivity contribution in [3.63, 3.8) is 0 Å². The number of aromatic nitrogens is 2. The van der Waals surface area contributed by atoms with E-state index in [0.717, 1.165) is 29.8 Å². The molecular weight excluding hydrogens is 308 g/mol. The number of unbranched alkanes of at least 4 members (excludes halogenated alkanes) is 6. The molecule has 0 spiro atoms. The van der Waals surface area contributed by atoms with Crippen LogP contribution in [0, 0.1) is 0 Å². The van der Waals surface area contributed by atoms with E-state index in [4.69, 9.17) is 0 Å². The van der Waals surface area contributed by atoms with Crippen LogP contribution in [0.2, 0.25) is 0 Å². The van der Waals surface area contributed by atoms with Crippen molar-refractivity contribution < 1.29 is 5.11 Å². The number of aryl methyl sites for hydroxylation is 1. The molecule has 2 aromatic rings. The van der Waals surface area contributed by atoms with Gasteiger partial charge >= 0.3 is 0 Å². The van der Waals surface area contributed by atoms with Crippen LogP contribution in [-0.4, -0.2) is 15.1 Å². The zero-order chi connectivity index (χ0) is 17.9. The molecular formula is C22H32N2O. The van der Waals surface area contributed by atoms with E-state index in [-0.39, 0.29) is 6.10 Å². The Bertz CT molecular complexity index is 592. The van der Waals surface area contributed by atoms with Crippen LogP contribution in [0.1, 0.15) is 82.4 Å². The second-order valence-corrected chi connectivity index (χ2v) is 6.83. The van der Waals surface area contributed by atoms with Gasteiger partial charge in [0.15, 0.2) is 5.82 Å². The summed E-state index contributed by atoms with van der Waals surface area (Å²) >= 11 is 0. The summed E-state index contributed by atoms with van der Waals surface area (Å²) in [6.45, 7) is 4.23. The molecule has 0 fully saturated rings. The van der Waals surface area contributed by atoms with E-state index < -0.39 is 0 Å². The van der Waals surface area contributed by atoms with Crippen LogP contribution in [0.3, 0.4) is 0 Å². The first-order valence-electron chi connectivity index (χ1n) is 9.84. The number of rotatable bonds is 11. The Labute approximate surface area is 152 Å². The van der Waals surface area contributed by atoms with E-state index in [9.17, 15) is 5.11 Å². The van der Waals surface area contributed by atoms with E-state index in [2.05, 4.69) is 16.9 Å². The maximum absolute atomic E-state index is 9.86. The van der Waals surface area contributed by atoms with E-state index >= 15 is 0 Å². The first-order chi connectivity index (χ1) is 12.2. The minimum Gasteiger partial charge on any atom is -0.388 e. The Morgan fingerprint density at radius 1 is 0.840 bits per heavy atom. The van der Waals surface area contributed by atoms with E-state index in [1.54, 1.807) is 0 Å². The molecule has 1 unspecified atom stereocenters. The minimum atomic E-state index is -0.390. The van der Waals surface area contributed by atoms with Gasteiger partial charge in [0, 0.05) is 18.0 Å². The van der Waals surface area contributed by atoms with Crippen molar-refractivity contribution in [2.24, 2.45) is 0 Å². The molecule has 2 rings (SSSR count). The van der Waals surface area contributed by atoms with Crippen molar-refractivity contribution in [2.75, 3.05) is 0 Å². The molecule has 0 bridgehead atoms. The number of nitrogens with zero attached hydrogens (tertiary/aromatic N) is 2. The van der Waals surface area contributed by atoms with Crippen LogP contribution in [0.4, 0.5) is 0 Å². The average molecular weight is 341 g/mol. The molecule has 1 aromatic heterocycles. The van der Waals surface area contributed by atoms with E-state index in [1.807, 2.05) is 43.6 Å². The molecule has 1 N–H and O–H groups in total. The normalized spacial score (nSPS) is 12.3. The van der Waals surface area contributed by atoms with Gasteiger partial charge in [-0.1, -0.05) is 76.6 Å². The zero-order valence-corrected chi connectivity index (χ0v) is 15.7. The molecule has 1 heterocycles. The Balaban J connectivity index is 1.79. The highest BCUT2D eigenvalue weighted by Gasteiger charge is 2.06. The van der Waals surface area contributed by atoms with Crippen LogP contribution >= 0.6 is 0 Å². The fourth-order valence-corrected chi connectivity index (χ4v) is 3.01. The van der Waals surface area contributed by atoms with Gasteiger partial charge in [-0.2, -0.15) is 0 Å². The fraction of sp³-hybridized carbons (Fsp3) is 0.545. The zero-order valence-electron chi connectivity index (χ0n) is 15.7. The SMILES string of the molecule is CCCCCCCCCc1cnc(-c2ccc(C(O)CC)cc2)nc1. The summed E-state index contributed by atoms with van der Waals surface area (Å²) in [5.74, 6) is 0.751. The van der Waals surface area contributed by atoms with Gasteiger partial charge in [0.05, 0.1) is 6.10 Å². The minimum absolute atomic E-state index is 0.390. The lowest BCUT2D eigenvalue weighted by atomic mass is 10.0. The van der Waals surface area contributed by atoms with Gasteiger partial charge < -0.3 is 5.11 Å². The molecule has 136 valence electrons. The molecule has 0 saturated heterocycles. The number of aliphatic hydroxyl groups is 1. The molecule has 1 atom stereocenters. The molecule has 0 aliphatic carbocycles. The molecule has 0 aliphatic rings. The summed E-state index contributed by atoms with van der Waals surface area (Å²) in [6, 6.07) is 7.89. The first-order valence-corrected chi connectivity index (χ1v) is 9.84. The highest BCUT2D eigenvalue weighted by Crippen LogP contribution is 2.21. The third-order valence-corrected chi connectivity index (χ3v) is 4.71. The van der Waals surface area contributed by atoms with Gasteiger partial charge in [0.25, 0.3) is 0 Å². The summed E-state index contributed by atoms with van der Waals surface area (Å²) in [5, 5.41) is 9.86. The van der Waals surface area contributed by atoms with Crippen molar-refractivity contribution in [3.05, 3.63) is 47.8 Å². The molecule has 0 radical (unpaired) electrons. The topological polar surface area (TPSA) is 46.0 Å². The number of aliphatic hydroxyl groups excluding tert-OH is 1. The summed E-state index contributed by atoms with van der Waals surface area (Å²) in [7, 11) is 0. The Morgan fingerprint density at radius 3 is 2.04 bits per heavy atom. The lowest BCUT2D eigenvalue weighted by Crippen LogP contribution is -1.96. The van der Waals surface area contributed by atoms with Gasteiger partial charge in [-0.15, -0.1) is 0 Å². The monoisotopic (exact) mass is 340 g/mol. The van der Waals surface area contributed by atoms with Crippen molar-refractivity contribution in [1.29, 1.82) is 0 Å². The number of benzene rings is 1. The quantitative estimate of drug-likeness (QED) is 0.519. The van der Waals surface area contributed by atoms with Gasteiger partial charge in [-0.25, -0.2) is 9.97 Å². The summed E-state index contributed by atoms with van der Waals surface area (Å²) < 4.78 is 0. The molecule has 3 heteroatoms. The molecule has 25 heavy (non-hydrogen) atoms. The largest absolute Gasteiger partial charge is 0.388 e. The van der Waals surface area contributed by atoms with Gasteiger partial charge in [-0.05, 0) is 30.4 Å². The predicted octanol–water partition coefficient (Wildman–Crippen LogP) is 5.88. The summed E-state index contributed by atoms with van der Waals surface area (Å²) in [6.07, 6.45) is 14.6. The van der Waals surface area contributed by atoms with Crippen molar-refractivity contribution >= 4 is 0 Å². The lowest BCUT2D eigenvalue weighted by molar-refractivity contribution is 0.173. The maximum Gasteiger partial charge on any atom is 0.159 e. The third-order valence-electron chi connectivity index (χ3n) is 4.71. The lowest BCUT2D eigenvalue weighted by Gasteiger charge is -2.08. The third kappa shape index (κ3) is 6.58. The van der Waals surface area contributed by atoms with Crippen LogP contribution < -0.4 is 0 Å². The van der Waals surface area contributed by atoms with Crippen LogP contribution in [0.15, 0.2) is 36.7 Å². The molecule has 0 aliphatic heterocycles. The molecule has 0 amide bonds. The molecule has 1 aromatic carbocycles. The van der Waals surface area contributed by atoms with Crippen LogP contribution in [0.5, 0.6) is 0 Å². The van der Waals surface area contributed by atoms with Crippen LogP contribution in [-0.2, 0) is 6.42 Å². The Kier molecular flexibility index (Phi) is 8.61. The summed E-state index contributed by atoms with van der Waals surface area (Å²) in [4.78, 5) is 9.02. The van der Waals surface area contributed by atoms with Crippen LogP contribution in [0.25, 0.3) is 11.4 Å². The van der Waals surface area contributed by atoms with E-state index in [0.29, 0.717) is 0 Å². The van der Waals surface area contributed by atoms with Crippen molar-refractivity contribution in [2.45, 2.75) is 77.7 Å². The van der Waals surface area contributed by atoms with Gasteiger partial charge in [-0.3, -0.25) is 0 Å². The second kappa shape index (κ2) is 11.0. The van der Waals surface area contributed by atoms with Crippen molar-refractivity contribution in [3.8, 4) is 11.4 Å². The van der Waals surface area contributed by atoms with E-state index in [1.165, 1.54) is 50.5 Å². The molecule has 0 saturated carbocycles.